The second-order valence-corrected chi connectivity index (χ2v) is 7.26. The van der Waals surface area contributed by atoms with E-state index in [1.807, 2.05) is 48.5 Å². The smallest absolute Gasteiger partial charge is 0.407 e. The fraction of sp³-hybridized carbons (Fsp3) is 0.273. The van der Waals surface area contributed by atoms with Crippen molar-refractivity contribution in [3.63, 3.8) is 0 Å². The minimum Gasteiger partial charge on any atom is -0.468 e. The predicted molar refractivity (Wildman–Crippen MR) is 108 cm³/mol. The molecule has 3 amide bonds. The Morgan fingerprint density at radius 2 is 1.68 bits per heavy atom. The number of carbonyl (C=O) groups excluding carboxylic acids is 4. The molecule has 0 aromatic heterocycles. The average molecular weight is 423 g/mol. The van der Waals surface area contributed by atoms with Gasteiger partial charge in [-0.3, -0.25) is 19.8 Å². The van der Waals surface area contributed by atoms with Crippen molar-refractivity contribution < 1.29 is 28.7 Å². The van der Waals surface area contributed by atoms with Crippen LogP contribution in [-0.2, 0) is 23.9 Å². The maximum atomic E-state index is 12.5. The molecule has 2 N–H and O–H groups in total. The van der Waals surface area contributed by atoms with Gasteiger partial charge in [-0.15, -0.1) is 0 Å². The maximum absolute atomic E-state index is 12.5. The topological polar surface area (TPSA) is 114 Å². The van der Waals surface area contributed by atoms with Crippen LogP contribution in [0.15, 0.2) is 48.5 Å². The molecule has 1 heterocycles. The number of nitrogens with one attached hydrogen (secondary N) is 2. The van der Waals surface area contributed by atoms with Crippen LogP contribution in [0.4, 0.5) is 4.79 Å². The van der Waals surface area contributed by atoms with E-state index in [-0.39, 0.29) is 18.9 Å². The van der Waals surface area contributed by atoms with E-state index in [0.717, 1.165) is 27.3 Å². The fourth-order valence-electron chi connectivity index (χ4n) is 3.92. The lowest BCUT2D eigenvalue weighted by molar-refractivity contribution is -0.156. The minimum absolute atomic E-state index is 0.0822. The molecule has 31 heavy (non-hydrogen) atoms. The average Bonchev–Trinajstić information content (AvgIpc) is 3.09. The highest BCUT2D eigenvalue weighted by Gasteiger charge is 2.36. The normalized spacial score (nSPS) is 17.5. The zero-order chi connectivity index (χ0) is 22.0. The van der Waals surface area contributed by atoms with Gasteiger partial charge in [0.05, 0.1) is 13.5 Å². The number of methoxy groups -OCH3 is 1. The molecule has 9 nitrogen and oxygen atoms in total. The molecule has 2 aromatic carbocycles. The molecule has 9 heteroatoms. The summed E-state index contributed by atoms with van der Waals surface area (Å²) in [5, 5.41) is 3.25. The molecule has 2 aromatic rings. The van der Waals surface area contributed by atoms with Crippen LogP contribution < -0.4 is 10.7 Å². The van der Waals surface area contributed by atoms with Crippen molar-refractivity contribution in [2.45, 2.75) is 18.4 Å². The summed E-state index contributed by atoms with van der Waals surface area (Å²) in [5.41, 5.74) is 6.62. The molecular weight excluding hydrogens is 402 g/mol. The SMILES string of the molecule is COC(=O)CN1NC(=O)C[C@@H](NC(=O)OCC2c3ccccc3-c3ccccc32)C1=O. The first-order valence-corrected chi connectivity index (χ1v) is 9.77. The quantitative estimate of drug-likeness (QED) is 0.702. The Balaban J connectivity index is 1.41. The van der Waals surface area contributed by atoms with E-state index in [9.17, 15) is 19.2 Å². The van der Waals surface area contributed by atoms with Crippen molar-refractivity contribution >= 4 is 23.9 Å². The summed E-state index contributed by atoms with van der Waals surface area (Å²) in [6.07, 6.45) is -1.06. The van der Waals surface area contributed by atoms with Crippen LogP contribution in [0, 0.1) is 0 Å². The highest BCUT2D eigenvalue weighted by Crippen LogP contribution is 2.44. The zero-order valence-electron chi connectivity index (χ0n) is 16.8. The zero-order valence-corrected chi connectivity index (χ0v) is 16.8. The second-order valence-electron chi connectivity index (χ2n) is 7.26. The van der Waals surface area contributed by atoms with E-state index in [1.165, 1.54) is 7.11 Å². The molecule has 0 saturated carbocycles. The van der Waals surface area contributed by atoms with Gasteiger partial charge < -0.3 is 14.8 Å². The lowest BCUT2D eigenvalue weighted by Crippen LogP contribution is -2.62. The number of nitrogens with zero attached hydrogens (tertiary/aromatic N) is 1. The Kier molecular flexibility index (Phi) is 5.57. The van der Waals surface area contributed by atoms with Crippen LogP contribution >= 0.6 is 0 Å². The number of fused-ring (bicyclic) bond motifs is 3. The van der Waals surface area contributed by atoms with Gasteiger partial charge in [-0.25, -0.2) is 9.80 Å². The number of hydrogen-bond donors (Lipinski definition) is 2. The van der Waals surface area contributed by atoms with Gasteiger partial charge in [0, 0.05) is 5.92 Å². The molecule has 1 fully saturated rings. The summed E-state index contributed by atoms with van der Waals surface area (Å²) >= 11 is 0. The lowest BCUT2D eigenvalue weighted by Gasteiger charge is -2.31. The van der Waals surface area contributed by atoms with Gasteiger partial charge in [-0.2, -0.15) is 0 Å². The number of amides is 3. The van der Waals surface area contributed by atoms with E-state index in [1.54, 1.807) is 0 Å². The number of benzene rings is 2. The van der Waals surface area contributed by atoms with Gasteiger partial charge in [-0.05, 0) is 22.3 Å². The third kappa shape index (κ3) is 4.07. The van der Waals surface area contributed by atoms with Gasteiger partial charge in [-0.1, -0.05) is 48.5 Å². The van der Waals surface area contributed by atoms with Gasteiger partial charge in [0.2, 0.25) is 5.91 Å². The summed E-state index contributed by atoms with van der Waals surface area (Å²) < 4.78 is 9.93. The van der Waals surface area contributed by atoms with E-state index in [0.29, 0.717) is 0 Å². The van der Waals surface area contributed by atoms with Crippen LogP contribution in [0.3, 0.4) is 0 Å². The van der Waals surface area contributed by atoms with E-state index in [2.05, 4.69) is 15.5 Å². The van der Waals surface area contributed by atoms with Crippen molar-refractivity contribution in [3.05, 3.63) is 59.7 Å². The number of rotatable bonds is 5. The third-order valence-corrected chi connectivity index (χ3v) is 5.36. The van der Waals surface area contributed by atoms with Gasteiger partial charge in [0.25, 0.3) is 5.91 Å². The molecule has 4 rings (SSSR count). The Bertz CT molecular complexity index is 1010. The molecule has 2 aliphatic rings. The Morgan fingerprint density at radius 3 is 2.29 bits per heavy atom. The van der Waals surface area contributed by atoms with Crippen LogP contribution in [0.5, 0.6) is 0 Å². The number of carbonyl (C=O) groups is 4. The second kappa shape index (κ2) is 8.47. The molecule has 1 atom stereocenters. The summed E-state index contributed by atoms with van der Waals surface area (Å²) in [6, 6.07) is 14.7. The summed E-state index contributed by atoms with van der Waals surface area (Å²) in [4.78, 5) is 48.2. The maximum Gasteiger partial charge on any atom is 0.407 e. The fourth-order valence-corrected chi connectivity index (χ4v) is 3.92. The van der Waals surface area contributed by atoms with Crippen LogP contribution in [0.25, 0.3) is 11.1 Å². The molecule has 0 unspecified atom stereocenters. The van der Waals surface area contributed by atoms with Crippen molar-refractivity contribution in [1.82, 2.24) is 15.8 Å². The molecule has 0 radical (unpaired) electrons. The van der Waals surface area contributed by atoms with E-state index < -0.39 is 36.5 Å². The first-order valence-electron chi connectivity index (χ1n) is 9.77. The third-order valence-electron chi connectivity index (χ3n) is 5.36. The summed E-state index contributed by atoms with van der Waals surface area (Å²) in [5.74, 6) is -1.96. The highest BCUT2D eigenvalue weighted by molar-refractivity contribution is 5.96. The summed E-state index contributed by atoms with van der Waals surface area (Å²) in [6.45, 7) is -0.372. The van der Waals surface area contributed by atoms with Crippen molar-refractivity contribution in [3.8, 4) is 11.1 Å². The number of hydrogen-bond acceptors (Lipinski definition) is 6. The van der Waals surface area contributed by atoms with Gasteiger partial charge >= 0.3 is 12.1 Å². The standard InChI is InChI=1S/C22H21N3O6/c1-30-20(27)11-25-21(28)18(10-19(26)24-25)23-22(29)31-12-17-15-8-4-2-6-13(15)14-7-3-5-9-16(14)17/h2-9,17-18H,10-12H2,1H3,(H,23,29)(H,24,26)/t18-/m1/s1. The Morgan fingerprint density at radius 1 is 1.06 bits per heavy atom. The predicted octanol–water partition coefficient (Wildman–Crippen LogP) is 1.33. The van der Waals surface area contributed by atoms with E-state index >= 15 is 0 Å². The first-order chi connectivity index (χ1) is 15.0. The number of alkyl carbamates (subject to hydrolysis) is 1. The molecular formula is C22H21N3O6. The Hall–Kier alpha value is -3.88. The molecule has 1 saturated heterocycles. The number of ether oxygens (including phenoxy) is 2. The molecule has 1 aliphatic carbocycles. The Labute approximate surface area is 178 Å². The van der Waals surface area contributed by atoms with Crippen LogP contribution in [-0.4, -0.2) is 55.2 Å². The first kappa shape index (κ1) is 20.4. The minimum atomic E-state index is -1.13. The number of esters is 1. The monoisotopic (exact) mass is 423 g/mol. The summed E-state index contributed by atoms with van der Waals surface area (Å²) in [7, 11) is 1.17. The van der Waals surface area contributed by atoms with Crippen molar-refractivity contribution in [2.75, 3.05) is 20.3 Å². The van der Waals surface area contributed by atoms with E-state index in [4.69, 9.17) is 4.74 Å². The van der Waals surface area contributed by atoms with Gasteiger partial charge in [0.1, 0.15) is 19.2 Å². The molecule has 0 spiro atoms. The highest BCUT2D eigenvalue weighted by atomic mass is 16.5. The van der Waals surface area contributed by atoms with Crippen LogP contribution in [0.2, 0.25) is 0 Å². The van der Waals surface area contributed by atoms with Crippen molar-refractivity contribution in [1.29, 1.82) is 0 Å². The molecule has 1 aliphatic heterocycles. The lowest BCUT2D eigenvalue weighted by atomic mass is 9.98. The van der Waals surface area contributed by atoms with Crippen molar-refractivity contribution in [2.24, 2.45) is 0 Å². The molecule has 160 valence electrons. The molecule has 0 bridgehead atoms. The van der Waals surface area contributed by atoms with Gasteiger partial charge in [0.15, 0.2) is 0 Å². The largest absolute Gasteiger partial charge is 0.468 e. The number of hydrazine groups is 1. The van der Waals surface area contributed by atoms with Crippen LogP contribution in [0.1, 0.15) is 23.5 Å².